The molecule has 1 rings (SSSR count). The van der Waals surface area contributed by atoms with Gasteiger partial charge in [0.05, 0.1) is 10.4 Å². The first-order valence-electron chi connectivity index (χ1n) is 4.63. The van der Waals surface area contributed by atoms with E-state index in [1.54, 1.807) is 0 Å². The number of carboxylic acids is 1. The molecule has 3 nitrogen and oxygen atoms in total. The molecule has 86 valence electrons. The second kappa shape index (κ2) is 5.21. The fourth-order valence-corrected chi connectivity index (χ4v) is 1.40. The first kappa shape index (κ1) is 12.8. The Hall–Kier alpha value is -1.23. The number of benzene rings is 1. The van der Waals surface area contributed by atoms with Crippen molar-refractivity contribution in [3.63, 3.8) is 0 Å². The number of hydrogen-bond acceptors (Lipinski definition) is 2. The van der Waals surface area contributed by atoms with Crippen LogP contribution in [0.4, 0.5) is 4.39 Å². The van der Waals surface area contributed by atoms with Crippen LogP contribution in [0.3, 0.4) is 0 Å². The van der Waals surface area contributed by atoms with Gasteiger partial charge in [-0.05, 0) is 28.1 Å². The summed E-state index contributed by atoms with van der Waals surface area (Å²) in [6.07, 6.45) is -0.129. The van der Waals surface area contributed by atoms with Crippen LogP contribution < -0.4 is 0 Å². The molecule has 0 bridgehead atoms. The van der Waals surface area contributed by atoms with E-state index in [0.29, 0.717) is 0 Å². The van der Waals surface area contributed by atoms with Crippen molar-refractivity contribution in [1.82, 2.24) is 0 Å². The van der Waals surface area contributed by atoms with Gasteiger partial charge in [-0.3, -0.25) is 9.59 Å². The maximum absolute atomic E-state index is 13.1. The summed E-state index contributed by atoms with van der Waals surface area (Å²) in [5.41, 5.74) is 0.189. The Balaban J connectivity index is 2.81. The highest BCUT2D eigenvalue weighted by atomic mass is 79.9. The Bertz CT molecular complexity index is 431. The van der Waals surface area contributed by atoms with Crippen LogP contribution in [0.5, 0.6) is 0 Å². The van der Waals surface area contributed by atoms with Crippen LogP contribution in [-0.4, -0.2) is 16.9 Å². The summed E-state index contributed by atoms with van der Waals surface area (Å²) in [6, 6.07) is 3.99. The molecule has 1 aromatic rings. The molecule has 1 aromatic carbocycles. The Morgan fingerprint density at radius 1 is 1.50 bits per heavy atom. The van der Waals surface area contributed by atoms with E-state index in [0.717, 1.165) is 6.07 Å². The van der Waals surface area contributed by atoms with Gasteiger partial charge < -0.3 is 5.11 Å². The van der Waals surface area contributed by atoms with E-state index in [4.69, 9.17) is 5.11 Å². The molecule has 0 aliphatic heterocycles. The van der Waals surface area contributed by atoms with Gasteiger partial charge >= 0.3 is 5.97 Å². The SMILES string of the molecule is CC(CC(=O)c1ccc(Br)c(F)c1)C(=O)O. The predicted octanol–water partition coefficient (Wildman–Crippen LogP) is 2.88. The van der Waals surface area contributed by atoms with Crippen LogP contribution in [0.15, 0.2) is 22.7 Å². The zero-order valence-electron chi connectivity index (χ0n) is 8.54. The van der Waals surface area contributed by atoms with Gasteiger partial charge in [0.25, 0.3) is 0 Å². The summed E-state index contributed by atoms with van der Waals surface area (Å²) in [5.74, 6) is -2.71. The van der Waals surface area contributed by atoms with E-state index in [1.165, 1.54) is 19.1 Å². The quantitative estimate of drug-likeness (QED) is 0.867. The maximum atomic E-state index is 13.1. The minimum absolute atomic E-state index is 0.129. The molecule has 0 radical (unpaired) electrons. The van der Waals surface area contributed by atoms with Crippen molar-refractivity contribution in [2.24, 2.45) is 5.92 Å². The Morgan fingerprint density at radius 3 is 2.62 bits per heavy atom. The average Bonchev–Trinajstić information content (AvgIpc) is 2.21. The topological polar surface area (TPSA) is 54.4 Å². The fraction of sp³-hybridized carbons (Fsp3) is 0.273. The number of carboxylic acid groups (broad SMARTS) is 1. The van der Waals surface area contributed by atoms with Crippen LogP contribution in [0.1, 0.15) is 23.7 Å². The molecule has 1 N–H and O–H groups in total. The Labute approximate surface area is 100 Å². The molecule has 16 heavy (non-hydrogen) atoms. The molecule has 0 aromatic heterocycles. The van der Waals surface area contributed by atoms with Crippen LogP contribution in [0.25, 0.3) is 0 Å². The van der Waals surface area contributed by atoms with Gasteiger partial charge in [-0.1, -0.05) is 13.0 Å². The lowest BCUT2D eigenvalue weighted by molar-refractivity contribution is -0.141. The molecular formula is C11H10BrFO3. The van der Waals surface area contributed by atoms with Gasteiger partial charge in [0.1, 0.15) is 5.82 Å². The number of carbonyl (C=O) groups excluding carboxylic acids is 1. The smallest absolute Gasteiger partial charge is 0.306 e. The number of ketones is 1. The summed E-state index contributed by atoms with van der Waals surface area (Å²) in [5, 5.41) is 8.64. The molecule has 1 unspecified atom stereocenters. The first-order valence-corrected chi connectivity index (χ1v) is 5.42. The third-order valence-electron chi connectivity index (χ3n) is 2.15. The third-order valence-corrected chi connectivity index (χ3v) is 2.80. The van der Waals surface area contributed by atoms with E-state index in [-0.39, 0.29) is 22.2 Å². The molecule has 0 aliphatic carbocycles. The number of halogens is 2. The second-order valence-electron chi connectivity index (χ2n) is 3.50. The molecule has 0 spiro atoms. The van der Waals surface area contributed by atoms with Crippen molar-refractivity contribution in [3.8, 4) is 0 Å². The van der Waals surface area contributed by atoms with Crippen molar-refractivity contribution in [2.75, 3.05) is 0 Å². The van der Waals surface area contributed by atoms with Crippen LogP contribution in [-0.2, 0) is 4.79 Å². The summed E-state index contributed by atoms with van der Waals surface area (Å²) in [7, 11) is 0. The minimum atomic E-state index is -1.04. The molecule has 1 atom stereocenters. The second-order valence-corrected chi connectivity index (χ2v) is 4.35. The van der Waals surface area contributed by atoms with E-state index < -0.39 is 17.7 Å². The first-order chi connectivity index (χ1) is 7.41. The zero-order chi connectivity index (χ0) is 12.3. The average molecular weight is 289 g/mol. The van der Waals surface area contributed by atoms with Crippen LogP contribution in [0.2, 0.25) is 0 Å². The summed E-state index contributed by atoms with van der Waals surface area (Å²) in [6.45, 7) is 1.44. The Kier molecular flexibility index (Phi) is 4.18. The number of carbonyl (C=O) groups is 2. The molecule has 0 saturated heterocycles. The highest BCUT2D eigenvalue weighted by Gasteiger charge is 2.17. The maximum Gasteiger partial charge on any atom is 0.306 e. The molecule has 0 amide bonds. The van der Waals surface area contributed by atoms with Crippen molar-refractivity contribution >= 4 is 27.7 Å². The van der Waals surface area contributed by atoms with Gasteiger partial charge in [-0.15, -0.1) is 0 Å². The van der Waals surface area contributed by atoms with Crippen molar-refractivity contribution < 1.29 is 19.1 Å². The monoisotopic (exact) mass is 288 g/mol. The van der Waals surface area contributed by atoms with E-state index in [9.17, 15) is 14.0 Å². The zero-order valence-corrected chi connectivity index (χ0v) is 10.1. The molecule has 0 saturated carbocycles. The summed E-state index contributed by atoms with van der Waals surface area (Å²) in [4.78, 5) is 22.1. The van der Waals surface area contributed by atoms with Gasteiger partial charge in [-0.25, -0.2) is 4.39 Å². The van der Waals surface area contributed by atoms with E-state index in [1.807, 2.05) is 0 Å². The van der Waals surface area contributed by atoms with Gasteiger partial charge in [-0.2, -0.15) is 0 Å². The molecule has 0 fully saturated rings. The summed E-state index contributed by atoms with van der Waals surface area (Å²) >= 11 is 2.97. The highest BCUT2D eigenvalue weighted by Crippen LogP contribution is 2.18. The third kappa shape index (κ3) is 3.13. The number of aliphatic carboxylic acids is 1. The van der Waals surface area contributed by atoms with Crippen LogP contribution in [0, 0.1) is 11.7 Å². The summed E-state index contributed by atoms with van der Waals surface area (Å²) < 4.78 is 13.4. The lowest BCUT2D eigenvalue weighted by atomic mass is 10.00. The molecule has 5 heteroatoms. The van der Waals surface area contributed by atoms with E-state index in [2.05, 4.69) is 15.9 Å². The molecule has 0 heterocycles. The minimum Gasteiger partial charge on any atom is -0.481 e. The molecular weight excluding hydrogens is 279 g/mol. The van der Waals surface area contributed by atoms with E-state index >= 15 is 0 Å². The van der Waals surface area contributed by atoms with Crippen LogP contribution >= 0.6 is 15.9 Å². The van der Waals surface area contributed by atoms with Crippen molar-refractivity contribution in [2.45, 2.75) is 13.3 Å². The predicted molar refractivity (Wildman–Crippen MR) is 59.8 cm³/mol. The van der Waals surface area contributed by atoms with Gasteiger partial charge in [0, 0.05) is 12.0 Å². The van der Waals surface area contributed by atoms with Gasteiger partial charge in [0.15, 0.2) is 5.78 Å². The van der Waals surface area contributed by atoms with Gasteiger partial charge in [0.2, 0.25) is 0 Å². The van der Waals surface area contributed by atoms with Crippen molar-refractivity contribution in [3.05, 3.63) is 34.1 Å². The highest BCUT2D eigenvalue weighted by molar-refractivity contribution is 9.10. The number of Topliss-reactive ketones (excluding diaryl/α,β-unsaturated/α-hetero) is 1. The number of hydrogen-bond donors (Lipinski definition) is 1. The standard InChI is InChI=1S/C11H10BrFO3/c1-6(11(15)16)4-10(14)7-2-3-8(12)9(13)5-7/h2-3,5-6H,4H2,1H3,(H,15,16). The lowest BCUT2D eigenvalue weighted by Crippen LogP contribution is -2.14. The number of rotatable bonds is 4. The Morgan fingerprint density at radius 2 is 2.12 bits per heavy atom. The molecule has 0 aliphatic rings. The normalized spacial score (nSPS) is 12.2. The van der Waals surface area contributed by atoms with Crippen molar-refractivity contribution in [1.29, 1.82) is 0 Å². The largest absolute Gasteiger partial charge is 0.481 e. The lowest BCUT2D eigenvalue weighted by Gasteiger charge is -2.05. The fourth-order valence-electron chi connectivity index (χ4n) is 1.15.